The molecule has 1 fully saturated rings. The molecule has 1 atom stereocenters. The zero-order valence-corrected chi connectivity index (χ0v) is 4.93. The van der Waals surface area contributed by atoms with Gasteiger partial charge in [-0.2, -0.15) is 0 Å². The van der Waals surface area contributed by atoms with Gasteiger partial charge in [-0.15, -0.1) is 0 Å². The highest BCUT2D eigenvalue weighted by Gasteiger charge is 2.19. The molecular formula is C4H10NP. The smallest absolute Gasteiger partial charge is 0.00140 e. The van der Waals surface area contributed by atoms with E-state index in [9.17, 15) is 0 Å². The molecule has 0 aromatic carbocycles. The first kappa shape index (κ1) is 4.55. The van der Waals surface area contributed by atoms with Crippen molar-refractivity contribution in [3.8, 4) is 0 Å². The lowest BCUT2D eigenvalue weighted by Crippen LogP contribution is -2.00. The van der Waals surface area contributed by atoms with Crippen LogP contribution in [-0.2, 0) is 0 Å². The van der Waals surface area contributed by atoms with Crippen LogP contribution in [0.3, 0.4) is 0 Å². The molecule has 0 aliphatic heterocycles. The van der Waals surface area contributed by atoms with E-state index in [1.165, 1.54) is 19.4 Å². The van der Waals surface area contributed by atoms with Crippen LogP contribution in [0, 0.1) is 5.92 Å². The monoisotopic (exact) mass is 103 g/mol. The van der Waals surface area contributed by atoms with Gasteiger partial charge in [-0.25, -0.2) is 0 Å². The molecule has 0 amide bonds. The van der Waals surface area contributed by atoms with Crippen molar-refractivity contribution in [1.82, 2.24) is 5.09 Å². The molecular weight excluding hydrogens is 93.0 g/mol. The molecule has 0 aromatic heterocycles. The summed E-state index contributed by atoms with van der Waals surface area (Å²) in [6.07, 6.45) is 2.89. The van der Waals surface area contributed by atoms with E-state index in [0.29, 0.717) is 0 Å². The molecule has 2 heteroatoms. The van der Waals surface area contributed by atoms with E-state index in [1.807, 2.05) is 0 Å². The Balaban J connectivity index is 1.88. The molecule has 0 aromatic rings. The molecule has 0 saturated heterocycles. The van der Waals surface area contributed by atoms with Gasteiger partial charge in [-0.05, 0) is 18.8 Å². The van der Waals surface area contributed by atoms with E-state index in [4.69, 9.17) is 0 Å². The first-order valence-corrected chi connectivity index (χ1v) is 2.94. The van der Waals surface area contributed by atoms with Crippen LogP contribution < -0.4 is 5.09 Å². The van der Waals surface area contributed by atoms with Crippen LogP contribution in [0.4, 0.5) is 0 Å². The zero-order valence-electron chi connectivity index (χ0n) is 3.78. The quantitative estimate of drug-likeness (QED) is 0.509. The minimum atomic E-state index is 1.02. The number of nitrogens with one attached hydrogen (secondary N) is 1. The van der Waals surface area contributed by atoms with E-state index < -0.39 is 0 Å². The molecule has 36 valence electrons. The molecule has 6 heavy (non-hydrogen) atoms. The third kappa shape index (κ3) is 1.24. The highest BCUT2D eigenvalue weighted by Crippen LogP contribution is 2.27. The average molecular weight is 103 g/mol. The Morgan fingerprint density at radius 1 is 1.67 bits per heavy atom. The van der Waals surface area contributed by atoms with Crippen LogP contribution in [0.15, 0.2) is 0 Å². The van der Waals surface area contributed by atoms with E-state index in [0.717, 1.165) is 5.92 Å². The predicted octanol–water partition coefficient (Wildman–Crippen LogP) is 0.776. The van der Waals surface area contributed by atoms with E-state index in [1.54, 1.807) is 0 Å². The maximum atomic E-state index is 3.05. The molecule has 1 rings (SSSR count). The van der Waals surface area contributed by atoms with Gasteiger partial charge in [0.15, 0.2) is 0 Å². The van der Waals surface area contributed by atoms with Crippen molar-refractivity contribution in [2.45, 2.75) is 12.8 Å². The lowest BCUT2D eigenvalue weighted by molar-refractivity contribution is 0.803. The van der Waals surface area contributed by atoms with Crippen LogP contribution in [0.1, 0.15) is 12.8 Å². The molecule has 0 spiro atoms. The Labute approximate surface area is 40.8 Å². The van der Waals surface area contributed by atoms with Gasteiger partial charge in [-0.1, -0.05) is 9.39 Å². The average Bonchev–Trinajstić information content (AvgIpc) is 2.21. The summed E-state index contributed by atoms with van der Waals surface area (Å²) in [5.41, 5.74) is 0. The fourth-order valence-electron chi connectivity index (χ4n) is 0.489. The molecule has 1 saturated carbocycles. The Hall–Kier alpha value is 0.390. The summed E-state index contributed by atoms with van der Waals surface area (Å²) in [6.45, 7) is 1.20. The fraction of sp³-hybridized carbons (Fsp3) is 1.00. The van der Waals surface area contributed by atoms with Gasteiger partial charge in [0.1, 0.15) is 0 Å². The van der Waals surface area contributed by atoms with Gasteiger partial charge < -0.3 is 5.09 Å². The summed E-state index contributed by atoms with van der Waals surface area (Å²) in [4.78, 5) is 0. The van der Waals surface area contributed by atoms with Crippen molar-refractivity contribution in [2.75, 3.05) is 6.54 Å². The van der Waals surface area contributed by atoms with Crippen molar-refractivity contribution < 1.29 is 0 Å². The summed E-state index contributed by atoms with van der Waals surface area (Å²) < 4.78 is 0. The van der Waals surface area contributed by atoms with E-state index in [-0.39, 0.29) is 0 Å². The van der Waals surface area contributed by atoms with Gasteiger partial charge in [-0.3, -0.25) is 0 Å². The molecule has 0 heterocycles. The topological polar surface area (TPSA) is 12.0 Å². The summed E-state index contributed by atoms with van der Waals surface area (Å²) in [7, 11) is 2.51. The first-order chi connectivity index (χ1) is 2.93. The molecule has 1 aliphatic carbocycles. The molecule has 1 aliphatic rings. The lowest BCUT2D eigenvalue weighted by Gasteiger charge is -1.87. The highest BCUT2D eigenvalue weighted by atomic mass is 31.0. The van der Waals surface area contributed by atoms with Crippen molar-refractivity contribution in [3.05, 3.63) is 0 Å². The number of rotatable bonds is 2. The second-order valence-electron chi connectivity index (χ2n) is 1.85. The van der Waals surface area contributed by atoms with Crippen molar-refractivity contribution in [1.29, 1.82) is 0 Å². The van der Waals surface area contributed by atoms with Gasteiger partial charge in [0.25, 0.3) is 0 Å². The van der Waals surface area contributed by atoms with Gasteiger partial charge >= 0.3 is 0 Å². The highest BCUT2D eigenvalue weighted by molar-refractivity contribution is 7.13. The molecule has 0 radical (unpaired) electrons. The van der Waals surface area contributed by atoms with Crippen LogP contribution in [0.5, 0.6) is 0 Å². The second kappa shape index (κ2) is 1.90. The molecule has 1 N–H and O–H groups in total. The number of hydrogen-bond donors (Lipinski definition) is 1. The zero-order chi connectivity index (χ0) is 4.41. The van der Waals surface area contributed by atoms with Gasteiger partial charge in [0.2, 0.25) is 0 Å². The van der Waals surface area contributed by atoms with Crippen molar-refractivity contribution in [2.24, 2.45) is 5.92 Å². The summed E-state index contributed by atoms with van der Waals surface area (Å²) in [6, 6.07) is 0. The predicted molar refractivity (Wildman–Crippen MR) is 30.4 cm³/mol. The summed E-state index contributed by atoms with van der Waals surface area (Å²) in [5, 5.41) is 3.05. The second-order valence-corrected chi connectivity index (χ2v) is 2.26. The molecule has 0 bridgehead atoms. The van der Waals surface area contributed by atoms with E-state index in [2.05, 4.69) is 14.5 Å². The largest absolute Gasteiger partial charge is 0.300 e. The Bertz CT molecular complexity index is 42.8. The standard InChI is InChI=1S/C4H10NP/c6-5-3-4-1-2-4/h4-5H,1-3,6H2. The van der Waals surface area contributed by atoms with E-state index >= 15 is 0 Å². The van der Waals surface area contributed by atoms with Crippen LogP contribution in [0.25, 0.3) is 0 Å². The van der Waals surface area contributed by atoms with Crippen LogP contribution in [0.2, 0.25) is 0 Å². The lowest BCUT2D eigenvalue weighted by atomic mass is 10.4. The summed E-state index contributed by atoms with van der Waals surface area (Å²) >= 11 is 0. The summed E-state index contributed by atoms with van der Waals surface area (Å²) in [5.74, 6) is 1.02. The number of hydrogen-bond acceptors (Lipinski definition) is 1. The first-order valence-electron chi connectivity index (χ1n) is 2.37. The Kier molecular flexibility index (Phi) is 1.44. The molecule has 1 nitrogen and oxygen atoms in total. The van der Waals surface area contributed by atoms with Crippen molar-refractivity contribution >= 4 is 9.39 Å². The maximum Gasteiger partial charge on any atom is 0.00140 e. The van der Waals surface area contributed by atoms with Crippen LogP contribution in [-0.4, -0.2) is 6.54 Å². The minimum absolute atomic E-state index is 1.02. The molecule has 1 unspecified atom stereocenters. The van der Waals surface area contributed by atoms with Gasteiger partial charge in [0, 0.05) is 6.54 Å². The van der Waals surface area contributed by atoms with Crippen molar-refractivity contribution in [3.63, 3.8) is 0 Å². The normalized spacial score (nSPS) is 21.5. The minimum Gasteiger partial charge on any atom is -0.300 e. The SMILES string of the molecule is PNCC1CC1. The van der Waals surface area contributed by atoms with Gasteiger partial charge in [0.05, 0.1) is 0 Å². The third-order valence-electron chi connectivity index (χ3n) is 1.10. The fourth-order valence-corrected chi connectivity index (χ4v) is 0.822. The Morgan fingerprint density at radius 2 is 2.33 bits per heavy atom. The Morgan fingerprint density at radius 3 is 2.50 bits per heavy atom. The third-order valence-corrected chi connectivity index (χ3v) is 1.34. The van der Waals surface area contributed by atoms with Crippen LogP contribution >= 0.6 is 9.39 Å². The maximum absolute atomic E-state index is 3.05.